The van der Waals surface area contributed by atoms with Crippen LogP contribution in [0.4, 0.5) is 5.82 Å². The van der Waals surface area contributed by atoms with Crippen molar-refractivity contribution in [2.45, 2.75) is 20.3 Å². The number of anilines is 1. The Hall–Kier alpha value is -1.63. The number of hydrogen-bond donors (Lipinski definition) is 1. The van der Waals surface area contributed by atoms with E-state index >= 15 is 0 Å². The van der Waals surface area contributed by atoms with Gasteiger partial charge in [0.2, 0.25) is 0 Å². The quantitative estimate of drug-likeness (QED) is 0.786. The molecule has 0 fully saturated rings. The van der Waals surface area contributed by atoms with Crippen LogP contribution in [0.15, 0.2) is 12.3 Å². The summed E-state index contributed by atoms with van der Waals surface area (Å²) in [6.45, 7) is 5.17. The molecule has 4 heteroatoms. The molecule has 1 atom stereocenters. The van der Waals surface area contributed by atoms with E-state index in [9.17, 15) is 0 Å². The molecule has 0 saturated carbocycles. The average molecular weight is 190 g/mol. The van der Waals surface area contributed by atoms with Crippen LogP contribution in [0.2, 0.25) is 0 Å². The van der Waals surface area contributed by atoms with E-state index in [1.807, 2.05) is 6.07 Å². The largest absolute Gasteiger partial charge is 0.368 e. The van der Waals surface area contributed by atoms with Crippen molar-refractivity contribution in [2.75, 3.05) is 11.9 Å². The highest BCUT2D eigenvalue weighted by molar-refractivity contribution is 5.40. The normalized spacial score (nSPS) is 11.8. The fourth-order valence-corrected chi connectivity index (χ4v) is 0.937. The SMILES string of the molecule is CCC(C)CNc1cc(C#N)cnn1. The Morgan fingerprint density at radius 3 is 3.07 bits per heavy atom. The molecular formula is C10H14N4. The fraction of sp³-hybridized carbons (Fsp3) is 0.500. The number of hydrogen-bond acceptors (Lipinski definition) is 4. The number of aromatic nitrogens is 2. The van der Waals surface area contributed by atoms with Gasteiger partial charge in [0.1, 0.15) is 11.9 Å². The minimum Gasteiger partial charge on any atom is -0.368 e. The fourth-order valence-electron chi connectivity index (χ4n) is 0.937. The summed E-state index contributed by atoms with van der Waals surface area (Å²) in [4.78, 5) is 0. The van der Waals surface area contributed by atoms with Gasteiger partial charge in [0, 0.05) is 12.6 Å². The predicted octanol–water partition coefficient (Wildman–Crippen LogP) is 1.81. The molecule has 4 nitrogen and oxygen atoms in total. The van der Waals surface area contributed by atoms with E-state index in [1.54, 1.807) is 6.07 Å². The lowest BCUT2D eigenvalue weighted by molar-refractivity contribution is 0.592. The Bertz CT molecular complexity index is 329. The zero-order valence-corrected chi connectivity index (χ0v) is 8.49. The summed E-state index contributed by atoms with van der Waals surface area (Å²) in [7, 11) is 0. The van der Waals surface area contributed by atoms with Crippen LogP contribution in [-0.2, 0) is 0 Å². The third-order valence-electron chi connectivity index (χ3n) is 2.11. The Kier molecular flexibility index (Phi) is 3.86. The first kappa shape index (κ1) is 10.5. The molecule has 0 aliphatic heterocycles. The molecule has 0 aromatic carbocycles. The van der Waals surface area contributed by atoms with E-state index in [2.05, 4.69) is 29.4 Å². The van der Waals surface area contributed by atoms with Crippen LogP contribution in [0, 0.1) is 17.2 Å². The van der Waals surface area contributed by atoms with Gasteiger partial charge >= 0.3 is 0 Å². The summed E-state index contributed by atoms with van der Waals surface area (Å²) in [5, 5.41) is 19.4. The van der Waals surface area contributed by atoms with Gasteiger partial charge in [0.05, 0.1) is 11.8 Å². The summed E-state index contributed by atoms with van der Waals surface area (Å²) >= 11 is 0. The van der Waals surface area contributed by atoms with E-state index in [1.165, 1.54) is 6.20 Å². The van der Waals surface area contributed by atoms with Crippen molar-refractivity contribution in [2.24, 2.45) is 5.92 Å². The van der Waals surface area contributed by atoms with Crippen LogP contribution in [0.1, 0.15) is 25.8 Å². The highest BCUT2D eigenvalue weighted by Gasteiger charge is 2.00. The van der Waals surface area contributed by atoms with E-state index in [4.69, 9.17) is 5.26 Å². The molecule has 1 N–H and O–H groups in total. The smallest absolute Gasteiger partial charge is 0.149 e. The zero-order valence-electron chi connectivity index (χ0n) is 8.49. The highest BCUT2D eigenvalue weighted by atomic mass is 15.2. The molecule has 0 saturated heterocycles. The van der Waals surface area contributed by atoms with Gasteiger partial charge in [-0.05, 0) is 5.92 Å². The van der Waals surface area contributed by atoms with Gasteiger partial charge in [-0.1, -0.05) is 20.3 Å². The molecule has 0 amide bonds. The van der Waals surface area contributed by atoms with Crippen LogP contribution in [0.3, 0.4) is 0 Å². The third kappa shape index (κ3) is 3.02. The van der Waals surface area contributed by atoms with Crippen molar-refractivity contribution in [3.05, 3.63) is 17.8 Å². The van der Waals surface area contributed by atoms with E-state index in [-0.39, 0.29) is 0 Å². The Morgan fingerprint density at radius 2 is 2.43 bits per heavy atom. The van der Waals surface area contributed by atoms with E-state index in [0.29, 0.717) is 17.3 Å². The second-order valence-corrected chi connectivity index (χ2v) is 3.34. The van der Waals surface area contributed by atoms with Crippen LogP contribution in [0.5, 0.6) is 0 Å². The minimum atomic E-state index is 0.534. The van der Waals surface area contributed by atoms with E-state index in [0.717, 1.165) is 13.0 Å². The van der Waals surface area contributed by atoms with Gasteiger partial charge in [-0.25, -0.2) is 0 Å². The van der Waals surface area contributed by atoms with Crippen molar-refractivity contribution in [1.82, 2.24) is 10.2 Å². The maximum absolute atomic E-state index is 8.64. The standard InChI is InChI=1S/C10H14N4/c1-3-8(2)6-12-10-4-9(5-11)7-13-14-10/h4,7-8H,3,6H2,1-2H3,(H,12,14). The van der Waals surface area contributed by atoms with Crippen LogP contribution in [0.25, 0.3) is 0 Å². The monoisotopic (exact) mass is 190 g/mol. The second kappa shape index (κ2) is 5.18. The first-order chi connectivity index (χ1) is 6.76. The molecular weight excluding hydrogens is 176 g/mol. The molecule has 0 aliphatic carbocycles. The lowest BCUT2D eigenvalue weighted by atomic mass is 10.1. The van der Waals surface area contributed by atoms with Crippen molar-refractivity contribution >= 4 is 5.82 Å². The molecule has 1 aromatic rings. The van der Waals surface area contributed by atoms with Gasteiger partial charge in [-0.3, -0.25) is 0 Å². The number of rotatable bonds is 4. The van der Waals surface area contributed by atoms with Gasteiger partial charge in [-0.2, -0.15) is 10.4 Å². The second-order valence-electron chi connectivity index (χ2n) is 3.34. The molecule has 1 aromatic heterocycles. The summed E-state index contributed by atoms with van der Waals surface area (Å²) in [5.41, 5.74) is 0.534. The van der Waals surface area contributed by atoms with Crippen molar-refractivity contribution in [1.29, 1.82) is 5.26 Å². The maximum Gasteiger partial charge on any atom is 0.149 e. The third-order valence-corrected chi connectivity index (χ3v) is 2.11. The molecule has 0 aliphatic rings. The first-order valence-electron chi connectivity index (χ1n) is 4.73. The van der Waals surface area contributed by atoms with Crippen molar-refractivity contribution in [3.8, 4) is 6.07 Å². The summed E-state index contributed by atoms with van der Waals surface area (Å²) in [6.07, 6.45) is 2.58. The Labute approximate surface area is 84.0 Å². The molecule has 1 rings (SSSR count). The van der Waals surface area contributed by atoms with Gasteiger partial charge in [-0.15, -0.1) is 5.10 Å². The topological polar surface area (TPSA) is 61.6 Å². The lowest BCUT2D eigenvalue weighted by Gasteiger charge is -2.09. The molecule has 0 spiro atoms. The summed E-state index contributed by atoms with van der Waals surface area (Å²) in [6, 6.07) is 3.73. The molecule has 0 radical (unpaired) electrons. The average Bonchev–Trinajstić information content (AvgIpc) is 2.26. The lowest BCUT2D eigenvalue weighted by Crippen LogP contribution is -2.11. The molecule has 74 valence electrons. The summed E-state index contributed by atoms with van der Waals surface area (Å²) in [5.74, 6) is 1.27. The summed E-state index contributed by atoms with van der Waals surface area (Å²) < 4.78 is 0. The zero-order chi connectivity index (χ0) is 10.4. The van der Waals surface area contributed by atoms with Crippen LogP contribution in [-0.4, -0.2) is 16.7 Å². The Balaban J connectivity index is 2.55. The highest BCUT2D eigenvalue weighted by Crippen LogP contribution is 2.06. The predicted molar refractivity (Wildman–Crippen MR) is 54.7 cm³/mol. The number of nitriles is 1. The van der Waals surface area contributed by atoms with Crippen LogP contribution < -0.4 is 5.32 Å². The van der Waals surface area contributed by atoms with Gasteiger partial charge in [0.15, 0.2) is 0 Å². The molecule has 0 bridgehead atoms. The maximum atomic E-state index is 8.64. The molecule has 1 heterocycles. The molecule has 14 heavy (non-hydrogen) atoms. The van der Waals surface area contributed by atoms with Crippen molar-refractivity contribution < 1.29 is 0 Å². The van der Waals surface area contributed by atoms with Crippen molar-refractivity contribution in [3.63, 3.8) is 0 Å². The Morgan fingerprint density at radius 1 is 1.64 bits per heavy atom. The number of nitrogens with one attached hydrogen (secondary N) is 1. The van der Waals surface area contributed by atoms with Gasteiger partial charge < -0.3 is 5.32 Å². The minimum absolute atomic E-state index is 0.534. The number of nitrogens with zero attached hydrogens (tertiary/aromatic N) is 3. The molecule has 1 unspecified atom stereocenters. The first-order valence-corrected chi connectivity index (χ1v) is 4.73. The van der Waals surface area contributed by atoms with Gasteiger partial charge in [0.25, 0.3) is 0 Å². The van der Waals surface area contributed by atoms with Crippen LogP contribution >= 0.6 is 0 Å². The van der Waals surface area contributed by atoms with E-state index < -0.39 is 0 Å².